The maximum Gasteiger partial charge on any atom is 0.407 e. The normalized spacial score (nSPS) is 21.9. The Hall–Kier alpha value is -3.53. The Morgan fingerprint density at radius 2 is 1.67 bits per heavy atom. The largest absolute Gasteiger partial charge is 0.445 e. The van der Waals surface area contributed by atoms with Crippen molar-refractivity contribution >= 4 is 6.09 Å². The summed E-state index contributed by atoms with van der Waals surface area (Å²) in [5.41, 5.74) is 4.50. The molecule has 42 heavy (non-hydrogen) atoms. The standard InChI is InChI=1S/C34H42N2O6/c1-5-19-40-34(39)35-20-25-11-17-29(18-12-25)33-41-30(21-36(4)24(3)31(38)27-9-7-6-8-10-27)23(2)32(42-33)28-15-13-26(22-37)14-16-28/h5-18,23-24,30-33,37-38H,1,19-22H2,2-4H3,(H,35,39)/t23-,24-,30+,31-,32+,33+/m1/s1. The van der Waals surface area contributed by atoms with E-state index in [1.165, 1.54) is 6.08 Å². The molecule has 0 aliphatic carbocycles. The van der Waals surface area contributed by atoms with Crippen LogP contribution < -0.4 is 5.32 Å². The van der Waals surface area contributed by atoms with Crippen molar-refractivity contribution in [2.24, 2.45) is 5.92 Å². The number of aliphatic hydroxyl groups excluding tert-OH is 2. The summed E-state index contributed by atoms with van der Waals surface area (Å²) in [6, 6.07) is 25.1. The zero-order valence-corrected chi connectivity index (χ0v) is 24.6. The SMILES string of the molecule is C=CCOC(=O)NCc1ccc([C@H]2O[C@@H](CN(C)[C@H](C)[C@@H](O)c3ccccc3)[C@@H](C)[C@@H](c3ccc(CO)cc3)O2)cc1. The Bertz CT molecular complexity index is 1270. The number of hydrogen-bond acceptors (Lipinski definition) is 7. The van der Waals surface area contributed by atoms with Gasteiger partial charge in [-0.2, -0.15) is 0 Å². The van der Waals surface area contributed by atoms with E-state index in [0.29, 0.717) is 13.1 Å². The highest BCUT2D eigenvalue weighted by Gasteiger charge is 2.39. The first kappa shape index (κ1) is 31.4. The van der Waals surface area contributed by atoms with Crippen LogP contribution in [0, 0.1) is 5.92 Å². The molecule has 3 aromatic carbocycles. The van der Waals surface area contributed by atoms with Crippen LogP contribution in [-0.2, 0) is 27.4 Å². The summed E-state index contributed by atoms with van der Waals surface area (Å²) in [5, 5.41) is 23.3. The molecule has 8 heteroatoms. The Kier molecular flexibility index (Phi) is 11.3. The molecule has 3 N–H and O–H groups in total. The summed E-state index contributed by atoms with van der Waals surface area (Å²) in [6.45, 7) is 8.74. The van der Waals surface area contributed by atoms with E-state index < -0.39 is 18.5 Å². The minimum atomic E-state index is -0.640. The van der Waals surface area contributed by atoms with Crippen LogP contribution in [0.4, 0.5) is 4.79 Å². The number of nitrogens with one attached hydrogen (secondary N) is 1. The van der Waals surface area contributed by atoms with Crippen molar-refractivity contribution in [3.63, 3.8) is 0 Å². The third kappa shape index (κ3) is 8.06. The average molecular weight is 575 g/mol. The molecule has 6 atom stereocenters. The number of hydrogen-bond donors (Lipinski definition) is 3. The maximum absolute atomic E-state index is 11.8. The number of rotatable bonds is 12. The fraction of sp³-hybridized carbons (Fsp3) is 0.382. The Labute approximate surface area is 248 Å². The molecule has 3 aromatic rings. The second kappa shape index (κ2) is 15.1. The highest BCUT2D eigenvalue weighted by Crippen LogP contribution is 2.42. The van der Waals surface area contributed by atoms with Crippen molar-refractivity contribution in [3.8, 4) is 0 Å². The number of likely N-dealkylation sites (N-methyl/N-ethyl adjacent to an activating group) is 1. The van der Waals surface area contributed by atoms with Gasteiger partial charge in [0.05, 0.1) is 24.9 Å². The zero-order chi connectivity index (χ0) is 30.1. The van der Waals surface area contributed by atoms with Crippen molar-refractivity contribution in [2.75, 3.05) is 20.2 Å². The van der Waals surface area contributed by atoms with Gasteiger partial charge in [0.15, 0.2) is 6.29 Å². The summed E-state index contributed by atoms with van der Waals surface area (Å²) in [7, 11) is 2.00. The average Bonchev–Trinajstić information content (AvgIpc) is 3.03. The van der Waals surface area contributed by atoms with Crippen molar-refractivity contribution in [3.05, 3.63) is 119 Å². The molecule has 1 saturated heterocycles. The van der Waals surface area contributed by atoms with Gasteiger partial charge in [0.1, 0.15) is 6.61 Å². The molecule has 0 radical (unpaired) electrons. The quantitative estimate of drug-likeness (QED) is 0.248. The minimum absolute atomic E-state index is 0.00907. The van der Waals surface area contributed by atoms with Gasteiger partial charge < -0.3 is 29.7 Å². The van der Waals surface area contributed by atoms with E-state index in [1.54, 1.807) is 0 Å². The predicted octanol–water partition coefficient (Wildman–Crippen LogP) is 5.44. The topological polar surface area (TPSA) is 100 Å². The monoisotopic (exact) mass is 574 g/mol. The number of nitrogens with zero attached hydrogens (tertiary/aromatic N) is 1. The molecule has 0 unspecified atom stereocenters. The van der Waals surface area contributed by atoms with Crippen molar-refractivity contribution in [1.29, 1.82) is 0 Å². The summed E-state index contributed by atoms with van der Waals surface area (Å²) in [6.07, 6.45) is -0.672. The van der Waals surface area contributed by atoms with Gasteiger partial charge in [0.25, 0.3) is 0 Å². The smallest absolute Gasteiger partial charge is 0.407 e. The van der Waals surface area contributed by atoms with Crippen LogP contribution in [0.3, 0.4) is 0 Å². The molecular formula is C34H42N2O6. The number of carbonyl (C=O) groups is 1. The van der Waals surface area contributed by atoms with Gasteiger partial charge >= 0.3 is 6.09 Å². The molecule has 1 fully saturated rings. The molecule has 0 spiro atoms. The van der Waals surface area contributed by atoms with Crippen LogP contribution in [0.25, 0.3) is 0 Å². The molecule has 1 aliphatic heterocycles. The molecule has 4 rings (SSSR count). The van der Waals surface area contributed by atoms with Gasteiger partial charge in [-0.1, -0.05) is 98.4 Å². The summed E-state index contributed by atoms with van der Waals surface area (Å²) >= 11 is 0. The molecule has 0 aromatic heterocycles. The molecule has 8 nitrogen and oxygen atoms in total. The second-order valence-corrected chi connectivity index (χ2v) is 10.8. The van der Waals surface area contributed by atoms with E-state index in [4.69, 9.17) is 14.2 Å². The zero-order valence-electron chi connectivity index (χ0n) is 24.6. The van der Waals surface area contributed by atoms with E-state index in [1.807, 2.05) is 92.8 Å². The van der Waals surface area contributed by atoms with Crippen molar-refractivity contribution in [2.45, 2.75) is 57.6 Å². The van der Waals surface area contributed by atoms with Crippen molar-refractivity contribution < 1.29 is 29.2 Å². The minimum Gasteiger partial charge on any atom is -0.445 e. The first-order chi connectivity index (χ1) is 20.3. The maximum atomic E-state index is 11.8. The molecule has 0 bridgehead atoms. The van der Waals surface area contributed by atoms with Gasteiger partial charge in [-0.05, 0) is 36.2 Å². The number of carbonyl (C=O) groups excluding carboxylic acids is 1. The number of alkyl carbamates (subject to hydrolysis) is 1. The fourth-order valence-corrected chi connectivity index (χ4v) is 5.10. The molecule has 1 amide bonds. The third-order valence-corrected chi connectivity index (χ3v) is 7.91. The lowest BCUT2D eigenvalue weighted by molar-refractivity contribution is -0.276. The summed E-state index contributed by atoms with van der Waals surface area (Å²) in [5.74, 6) is 0.00907. The van der Waals surface area contributed by atoms with E-state index in [0.717, 1.165) is 27.8 Å². The van der Waals surface area contributed by atoms with Gasteiger partial charge in [0.2, 0.25) is 0 Å². The van der Waals surface area contributed by atoms with Crippen LogP contribution in [0.5, 0.6) is 0 Å². The van der Waals surface area contributed by atoms with Gasteiger partial charge in [-0.15, -0.1) is 0 Å². The van der Waals surface area contributed by atoms with Crippen LogP contribution in [0.15, 0.2) is 91.5 Å². The summed E-state index contributed by atoms with van der Waals surface area (Å²) < 4.78 is 18.1. The van der Waals surface area contributed by atoms with Crippen molar-refractivity contribution in [1.82, 2.24) is 10.2 Å². The molecule has 224 valence electrons. The Morgan fingerprint density at radius 1 is 1.02 bits per heavy atom. The van der Waals surface area contributed by atoms with E-state index in [2.05, 4.69) is 23.7 Å². The van der Waals surface area contributed by atoms with E-state index in [9.17, 15) is 15.0 Å². The molecule has 1 heterocycles. The Balaban J connectivity index is 1.51. The second-order valence-electron chi connectivity index (χ2n) is 10.8. The lowest BCUT2D eigenvalue weighted by Crippen LogP contribution is -2.46. The summed E-state index contributed by atoms with van der Waals surface area (Å²) in [4.78, 5) is 13.9. The molecule has 0 saturated carbocycles. The van der Waals surface area contributed by atoms with Crippen LogP contribution in [0.2, 0.25) is 0 Å². The molecule has 1 aliphatic rings. The number of ether oxygens (including phenoxy) is 3. The fourth-order valence-electron chi connectivity index (χ4n) is 5.10. The number of aliphatic hydroxyl groups is 2. The van der Waals surface area contributed by atoms with Gasteiger partial charge in [-0.25, -0.2) is 4.79 Å². The highest BCUT2D eigenvalue weighted by molar-refractivity contribution is 5.67. The lowest BCUT2D eigenvalue weighted by atomic mass is 9.89. The van der Waals surface area contributed by atoms with Gasteiger partial charge in [-0.3, -0.25) is 4.90 Å². The first-order valence-corrected chi connectivity index (χ1v) is 14.3. The van der Waals surface area contributed by atoms with Crippen LogP contribution in [-0.4, -0.2) is 53.6 Å². The van der Waals surface area contributed by atoms with E-state index in [-0.39, 0.29) is 37.4 Å². The third-order valence-electron chi connectivity index (χ3n) is 7.91. The van der Waals surface area contributed by atoms with Crippen LogP contribution >= 0.6 is 0 Å². The van der Waals surface area contributed by atoms with Crippen LogP contribution in [0.1, 0.15) is 60.2 Å². The van der Waals surface area contributed by atoms with Gasteiger partial charge in [0, 0.05) is 30.6 Å². The highest BCUT2D eigenvalue weighted by atomic mass is 16.7. The Morgan fingerprint density at radius 3 is 2.31 bits per heavy atom. The first-order valence-electron chi connectivity index (χ1n) is 14.3. The number of benzene rings is 3. The van der Waals surface area contributed by atoms with E-state index >= 15 is 0 Å². The molecular weight excluding hydrogens is 532 g/mol. The lowest BCUT2D eigenvalue weighted by Gasteiger charge is -2.43. The number of amides is 1. The predicted molar refractivity (Wildman–Crippen MR) is 161 cm³/mol.